The number of carbonyl (C=O) groups is 3. The van der Waals surface area contributed by atoms with Crippen molar-refractivity contribution in [3.8, 4) is 0 Å². The average molecular weight is 557 g/mol. The predicted molar refractivity (Wildman–Crippen MR) is 144 cm³/mol. The zero-order chi connectivity index (χ0) is 28.8. The smallest absolute Gasteiger partial charge is 0.416 e. The molecule has 1 saturated heterocycles. The Kier molecular flexibility index (Phi) is 7.44. The number of fused-ring (bicyclic) bond motifs is 1. The van der Waals surface area contributed by atoms with Gasteiger partial charge in [0, 0.05) is 17.7 Å². The van der Waals surface area contributed by atoms with Gasteiger partial charge in [-0.15, -0.1) is 0 Å². The summed E-state index contributed by atoms with van der Waals surface area (Å²) in [6, 6.07) is 6.84. The maximum Gasteiger partial charge on any atom is 0.416 e. The number of carboxylic acid groups (broad SMARTS) is 1. The highest BCUT2D eigenvalue weighted by Crippen LogP contribution is 2.44. The average Bonchev–Trinajstić information content (AvgIpc) is 3.46. The van der Waals surface area contributed by atoms with E-state index in [1.165, 1.54) is 12.1 Å². The lowest BCUT2D eigenvalue weighted by Crippen LogP contribution is -2.54. The number of hydrogen-bond acceptors (Lipinski definition) is 3. The minimum Gasteiger partial charge on any atom is -0.478 e. The number of likely N-dealkylation sites (tertiary alicyclic amines) is 1. The Morgan fingerprint density at radius 1 is 0.925 bits per heavy atom. The number of rotatable bonds is 5. The first-order valence-electron chi connectivity index (χ1n) is 14.1. The lowest BCUT2D eigenvalue weighted by molar-refractivity contribution is -0.138. The topological polar surface area (TPSA) is 86.7 Å². The van der Waals surface area contributed by atoms with Gasteiger partial charge in [0.15, 0.2) is 0 Å². The van der Waals surface area contributed by atoms with Crippen LogP contribution in [0.4, 0.5) is 13.2 Å². The van der Waals surface area contributed by atoms with Crippen molar-refractivity contribution in [2.75, 3.05) is 6.54 Å². The second-order valence-corrected chi connectivity index (χ2v) is 11.7. The van der Waals surface area contributed by atoms with Crippen molar-refractivity contribution in [2.24, 2.45) is 0 Å². The molecule has 1 heterocycles. The monoisotopic (exact) mass is 556 g/mol. The number of carbonyl (C=O) groups excluding carboxylic acids is 2. The molecule has 0 unspecified atom stereocenters. The molecule has 2 aromatic rings. The van der Waals surface area contributed by atoms with Crippen LogP contribution in [0.3, 0.4) is 0 Å². The number of carboxylic acids is 1. The van der Waals surface area contributed by atoms with Gasteiger partial charge in [-0.05, 0) is 99.2 Å². The van der Waals surface area contributed by atoms with E-state index >= 15 is 0 Å². The van der Waals surface area contributed by atoms with E-state index in [1.54, 1.807) is 30.9 Å². The second-order valence-electron chi connectivity index (χ2n) is 11.7. The minimum atomic E-state index is -4.55. The molecular weight excluding hydrogens is 521 g/mol. The number of alkyl halides is 3. The van der Waals surface area contributed by atoms with Crippen molar-refractivity contribution < 1.29 is 32.7 Å². The summed E-state index contributed by atoms with van der Waals surface area (Å²) in [5.41, 5.74) is 0.401. The molecular formula is C31H35F3N2O4. The minimum absolute atomic E-state index is 0.0245. The number of halogens is 3. The van der Waals surface area contributed by atoms with E-state index in [0.717, 1.165) is 44.6 Å². The van der Waals surface area contributed by atoms with Gasteiger partial charge in [0.25, 0.3) is 11.8 Å². The molecule has 2 saturated carbocycles. The summed E-state index contributed by atoms with van der Waals surface area (Å²) in [6.07, 6.45) is 2.35. The Hall–Kier alpha value is -3.36. The van der Waals surface area contributed by atoms with Crippen molar-refractivity contribution >= 4 is 17.8 Å². The number of benzene rings is 2. The van der Waals surface area contributed by atoms with Gasteiger partial charge in [-0.1, -0.05) is 25.3 Å². The fourth-order valence-electron chi connectivity index (χ4n) is 7.33. The molecule has 0 radical (unpaired) electrons. The van der Waals surface area contributed by atoms with Crippen LogP contribution >= 0.6 is 0 Å². The third kappa shape index (κ3) is 5.10. The van der Waals surface area contributed by atoms with Gasteiger partial charge >= 0.3 is 12.1 Å². The van der Waals surface area contributed by atoms with Crippen LogP contribution in [0.5, 0.6) is 0 Å². The standard InChI is InChI=1S/C31H35F3N2O4/c1-18-15-22(16-19(2)26(18)29(39)40)27(37)35-30-12-6-9-25(30)36(14-13-30)28(38)21-10-11-23(20-7-4-3-5-8-20)24(17-21)31(32,33)34/h10-11,15-17,20,25H,3-9,12-14H2,1-2H3,(H,35,37)(H,39,40)/t25-,30+/m0/s1. The van der Waals surface area contributed by atoms with Gasteiger partial charge in [-0.25, -0.2) is 4.79 Å². The maximum absolute atomic E-state index is 14.1. The summed E-state index contributed by atoms with van der Waals surface area (Å²) < 4.78 is 42.4. The van der Waals surface area contributed by atoms with E-state index < -0.39 is 29.2 Å². The molecule has 1 aliphatic heterocycles. The molecule has 3 fully saturated rings. The predicted octanol–water partition coefficient (Wildman–Crippen LogP) is 6.64. The molecule has 0 aromatic heterocycles. The van der Waals surface area contributed by atoms with Crippen molar-refractivity contribution in [2.45, 2.75) is 95.3 Å². The molecule has 2 aliphatic carbocycles. The second kappa shape index (κ2) is 10.6. The SMILES string of the molecule is Cc1cc(C(=O)N[C@@]23CCC[C@@H]2N(C(=O)c2ccc(C4CCCCC4)c(C(F)(F)F)c2)CC3)cc(C)c1C(=O)O. The first-order chi connectivity index (χ1) is 18.9. The van der Waals surface area contributed by atoms with Crippen molar-refractivity contribution in [3.05, 3.63) is 69.3 Å². The van der Waals surface area contributed by atoms with Crippen LogP contribution < -0.4 is 5.32 Å². The fraction of sp³-hybridized carbons (Fsp3) is 0.516. The zero-order valence-electron chi connectivity index (χ0n) is 22.9. The molecule has 0 spiro atoms. The molecule has 2 N–H and O–H groups in total. The Balaban J connectivity index is 1.38. The van der Waals surface area contributed by atoms with E-state index in [4.69, 9.17) is 0 Å². The first-order valence-corrected chi connectivity index (χ1v) is 14.1. The quantitative estimate of drug-likeness (QED) is 0.433. The highest BCUT2D eigenvalue weighted by molar-refractivity contribution is 5.99. The third-order valence-electron chi connectivity index (χ3n) is 9.20. The molecule has 2 amide bonds. The van der Waals surface area contributed by atoms with Crippen LogP contribution in [0.15, 0.2) is 30.3 Å². The lowest BCUT2D eigenvalue weighted by Gasteiger charge is -2.33. The third-order valence-corrected chi connectivity index (χ3v) is 9.20. The van der Waals surface area contributed by atoms with E-state index in [-0.39, 0.29) is 34.6 Å². The van der Waals surface area contributed by atoms with E-state index in [1.807, 2.05) is 0 Å². The van der Waals surface area contributed by atoms with Gasteiger partial charge in [-0.2, -0.15) is 13.2 Å². The van der Waals surface area contributed by atoms with Crippen LogP contribution in [0.25, 0.3) is 0 Å². The molecule has 6 nitrogen and oxygen atoms in total. The highest BCUT2D eigenvalue weighted by atomic mass is 19.4. The normalized spacial score (nSPS) is 23.2. The number of aryl methyl sites for hydroxylation is 2. The Bertz CT molecular complexity index is 1330. The number of nitrogens with one attached hydrogen (secondary N) is 1. The number of nitrogens with zero attached hydrogens (tertiary/aromatic N) is 1. The molecule has 5 rings (SSSR count). The number of hydrogen-bond donors (Lipinski definition) is 2. The lowest BCUT2D eigenvalue weighted by atomic mass is 9.81. The molecule has 40 heavy (non-hydrogen) atoms. The van der Waals surface area contributed by atoms with Crippen molar-refractivity contribution in [1.29, 1.82) is 0 Å². The molecule has 2 aromatic carbocycles. The molecule has 2 atom stereocenters. The summed E-state index contributed by atoms with van der Waals surface area (Å²) in [7, 11) is 0. The van der Waals surface area contributed by atoms with Crippen LogP contribution in [0.2, 0.25) is 0 Å². The molecule has 9 heteroatoms. The maximum atomic E-state index is 14.1. The van der Waals surface area contributed by atoms with Gasteiger partial charge in [-0.3, -0.25) is 9.59 Å². The Labute approximate surface area is 231 Å². The molecule has 214 valence electrons. The largest absolute Gasteiger partial charge is 0.478 e. The Morgan fingerprint density at radius 3 is 2.23 bits per heavy atom. The van der Waals surface area contributed by atoms with Crippen LogP contribution in [-0.2, 0) is 6.18 Å². The number of aromatic carboxylic acids is 1. The fourth-order valence-corrected chi connectivity index (χ4v) is 7.33. The van der Waals surface area contributed by atoms with E-state index in [2.05, 4.69) is 5.32 Å². The van der Waals surface area contributed by atoms with Gasteiger partial charge in [0.2, 0.25) is 0 Å². The number of amides is 2. The first kappa shape index (κ1) is 28.2. The Morgan fingerprint density at radius 2 is 1.60 bits per heavy atom. The van der Waals surface area contributed by atoms with E-state index in [9.17, 15) is 32.7 Å². The summed E-state index contributed by atoms with van der Waals surface area (Å²) in [4.78, 5) is 40.1. The highest BCUT2D eigenvalue weighted by Gasteiger charge is 2.53. The van der Waals surface area contributed by atoms with Gasteiger partial charge in [0.1, 0.15) is 0 Å². The summed E-state index contributed by atoms with van der Waals surface area (Å²) >= 11 is 0. The van der Waals surface area contributed by atoms with Crippen LogP contribution in [-0.4, -0.2) is 45.9 Å². The summed E-state index contributed by atoms with van der Waals surface area (Å²) in [5.74, 6) is -1.99. The zero-order valence-corrected chi connectivity index (χ0v) is 22.9. The summed E-state index contributed by atoms with van der Waals surface area (Å²) in [6.45, 7) is 3.63. The van der Waals surface area contributed by atoms with Gasteiger partial charge in [0.05, 0.1) is 22.7 Å². The molecule has 3 aliphatic rings. The molecule has 0 bridgehead atoms. The van der Waals surface area contributed by atoms with Crippen LogP contribution in [0.1, 0.15) is 117 Å². The van der Waals surface area contributed by atoms with Crippen molar-refractivity contribution in [1.82, 2.24) is 10.2 Å². The van der Waals surface area contributed by atoms with Crippen LogP contribution in [0, 0.1) is 13.8 Å². The van der Waals surface area contributed by atoms with Crippen molar-refractivity contribution in [3.63, 3.8) is 0 Å². The van der Waals surface area contributed by atoms with Gasteiger partial charge < -0.3 is 15.3 Å². The van der Waals surface area contributed by atoms with E-state index in [0.29, 0.717) is 42.5 Å². The summed E-state index contributed by atoms with van der Waals surface area (Å²) in [5, 5.41) is 12.6.